The molecule has 0 unspecified atom stereocenters. The van der Waals surface area contributed by atoms with E-state index in [0.717, 1.165) is 11.3 Å². The van der Waals surface area contributed by atoms with Crippen molar-refractivity contribution < 1.29 is 23.7 Å². The van der Waals surface area contributed by atoms with Crippen molar-refractivity contribution in [1.82, 2.24) is 4.98 Å². The molecule has 0 amide bonds. The number of nitrogens with zero attached hydrogens (tertiary/aromatic N) is 1. The molecule has 0 spiro atoms. The predicted molar refractivity (Wildman–Crippen MR) is 98.6 cm³/mol. The van der Waals surface area contributed by atoms with Gasteiger partial charge < -0.3 is 18.9 Å². The van der Waals surface area contributed by atoms with E-state index in [1.807, 2.05) is 24.3 Å². The Labute approximate surface area is 158 Å². The third-order valence-electron chi connectivity index (χ3n) is 3.55. The maximum Gasteiger partial charge on any atom is 0.181 e. The Balaban J connectivity index is 2.13. The van der Waals surface area contributed by atoms with Crippen molar-refractivity contribution in [3.63, 3.8) is 0 Å². The molecule has 0 aliphatic heterocycles. The van der Waals surface area contributed by atoms with Gasteiger partial charge in [-0.2, -0.15) is 0 Å². The SMILES string of the molecule is COCCCOc1cc(OCc2ccc(OC)cc2)c(C(C)=O)nc1Cl. The lowest BCUT2D eigenvalue weighted by molar-refractivity contribution is 0.100. The number of ketones is 1. The van der Waals surface area contributed by atoms with E-state index in [-0.39, 0.29) is 23.2 Å². The number of aromatic nitrogens is 1. The largest absolute Gasteiger partial charge is 0.497 e. The van der Waals surface area contributed by atoms with Gasteiger partial charge in [-0.25, -0.2) is 4.98 Å². The van der Waals surface area contributed by atoms with Gasteiger partial charge in [-0.1, -0.05) is 23.7 Å². The molecule has 0 saturated heterocycles. The summed E-state index contributed by atoms with van der Waals surface area (Å²) in [6, 6.07) is 9.06. The number of rotatable bonds is 10. The minimum atomic E-state index is -0.234. The molecule has 0 aliphatic rings. The summed E-state index contributed by atoms with van der Waals surface area (Å²) in [5.41, 5.74) is 1.10. The highest BCUT2D eigenvalue weighted by atomic mass is 35.5. The van der Waals surface area contributed by atoms with Crippen LogP contribution in [0, 0.1) is 0 Å². The van der Waals surface area contributed by atoms with E-state index < -0.39 is 0 Å². The number of Topliss-reactive ketones (excluding diaryl/α,β-unsaturated/α-hetero) is 1. The second kappa shape index (κ2) is 9.99. The zero-order valence-corrected chi connectivity index (χ0v) is 15.8. The monoisotopic (exact) mass is 379 g/mol. The summed E-state index contributed by atoms with van der Waals surface area (Å²) in [4.78, 5) is 16.0. The van der Waals surface area contributed by atoms with Gasteiger partial charge >= 0.3 is 0 Å². The summed E-state index contributed by atoms with van der Waals surface area (Å²) in [6.07, 6.45) is 0.712. The Morgan fingerprint density at radius 3 is 2.42 bits per heavy atom. The van der Waals surface area contributed by atoms with Gasteiger partial charge in [0.15, 0.2) is 22.4 Å². The molecule has 6 nitrogen and oxygen atoms in total. The summed E-state index contributed by atoms with van der Waals surface area (Å²) >= 11 is 6.12. The molecule has 7 heteroatoms. The highest BCUT2D eigenvalue weighted by Crippen LogP contribution is 2.31. The molecule has 0 radical (unpaired) electrons. The Bertz CT molecular complexity index is 733. The van der Waals surface area contributed by atoms with Crippen LogP contribution in [0.3, 0.4) is 0 Å². The van der Waals surface area contributed by atoms with E-state index in [9.17, 15) is 4.79 Å². The van der Waals surface area contributed by atoms with Gasteiger partial charge in [0, 0.05) is 33.1 Å². The van der Waals surface area contributed by atoms with Crippen LogP contribution in [0.25, 0.3) is 0 Å². The maximum absolute atomic E-state index is 11.8. The van der Waals surface area contributed by atoms with Crippen molar-refractivity contribution in [3.05, 3.63) is 46.7 Å². The first kappa shape index (κ1) is 20.0. The van der Waals surface area contributed by atoms with E-state index in [1.54, 1.807) is 20.3 Å². The third-order valence-corrected chi connectivity index (χ3v) is 3.82. The lowest BCUT2D eigenvalue weighted by Gasteiger charge is -2.13. The molecule has 1 aromatic heterocycles. The molecule has 0 atom stereocenters. The normalized spacial score (nSPS) is 10.5. The van der Waals surface area contributed by atoms with Crippen LogP contribution in [-0.4, -0.2) is 38.2 Å². The molecule has 1 heterocycles. The fourth-order valence-corrected chi connectivity index (χ4v) is 2.38. The van der Waals surface area contributed by atoms with Crippen LogP contribution in [0.1, 0.15) is 29.4 Å². The fourth-order valence-electron chi connectivity index (χ4n) is 2.19. The molecule has 0 aliphatic carbocycles. The summed E-state index contributed by atoms with van der Waals surface area (Å²) in [7, 11) is 3.24. The van der Waals surface area contributed by atoms with E-state index in [0.29, 0.717) is 31.1 Å². The van der Waals surface area contributed by atoms with Crippen LogP contribution in [-0.2, 0) is 11.3 Å². The summed E-state index contributed by atoms with van der Waals surface area (Å²) in [6.45, 7) is 2.69. The van der Waals surface area contributed by atoms with Crippen molar-refractivity contribution in [3.8, 4) is 17.2 Å². The number of benzene rings is 1. The van der Waals surface area contributed by atoms with E-state index in [4.69, 9.17) is 30.5 Å². The molecule has 0 fully saturated rings. The van der Waals surface area contributed by atoms with Gasteiger partial charge in [0.25, 0.3) is 0 Å². The van der Waals surface area contributed by atoms with Crippen molar-refractivity contribution in [2.24, 2.45) is 0 Å². The summed E-state index contributed by atoms with van der Waals surface area (Å²) in [5, 5.41) is 0.129. The van der Waals surface area contributed by atoms with Crippen LogP contribution in [0.5, 0.6) is 17.2 Å². The van der Waals surface area contributed by atoms with Gasteiger partial charge in [0.2, 0.25) is 0 Å². The minimum Gasteiger partial charge on any atom is -0.497 e. The van der Waals surface area contributed by atoms with Crippen LogP contribution in [0.4, 0.5) is 0 Å². The smallest absolute Gasteiger partial charge is 0.181 e. The standard InChI is InChI=1S/C19H22ClNO5/c1-13(22)18-16(26-12-14-5-7-15(24-3)8-6-14)11-17(19(20)21-18)25-10-4-9-23-2/h5-8,11H,4,9-10,12H2,1-3H3. The summed E-state index contributed by atoms with van der Waals surface area (Å²) in [5.74, 6) is 1.23. The lowest BCUT2D eigenvalue weighted by atomic mass is 10.2. The van der Waals surface area contributed by atoms with Crippen molar-refractivity contribution in [2.75, 3.05) is 27.4 Å². The molecule has 1 aromatic carbocycles. The van der Waals surface area contributed by atoms with Gasteiger partial charge in [0.05, 0.1) is 13.7 Å². The quantitative estimate of drug-likeness (QED) is 0.354. The van der Waals surface area contributed by atoms with Gasteiger partial charge in [-0.05, 0) is 17.7 Å². The first-order valence-corrected chi connectivity index (χ1v) is 8.52. The highest BCUT2D eigenvalue weighted by Gasteiger charge is 2.16. The van der Waals surface area contributed by atoms with Gasteiger partial charge in [-0.15, -0.1) is 0 Å². The topological polar surface area (TPSA) is 66.9 Å². The van der Waals surface area contributed by atoms with Crippen LogP contribution < -0.4 is 14.2 Å². The highest BCUT2D eigenvalue weighted by molar-refractivity contribution is 6.31. The molecule has 140 valence electrons. The molecular formula is C19H22ClNO5. The second-order valence-corrected chi connectivity index (χ2v) is 5.87. The van der Waals surface area contributed by atoms with Crippen molar-refractivity contribution >= 4 is 17.4 Å². The van der Waals surface area contributed by atoms with E-state index >= 15 is 0 Å². The number of carbonyl (C=O) groups excluding carboxylic acids is 1. The molecule has 2 rings (SSSR count). The van der Waals surface area contributed by atoms with Gasteiger partial charge in [-0.3, -0.25) is 4.79 Å². The first-order valence-electron chi connectivity index (χ1n) is 8.14. The van der Waals surface area contributed by atoms with Crippen LogP contribution in [0.15, 0.2) is 30.3 Å². The van der Waals surface area contributed by atoms with Crippen LogP contribution in [0.2, 0.25) is 5.15 Å². The third kappa shape index (κ3) is 5.61. The second-order valence-electron chi connectivity index (χ2n) is 5.51. The predicted octanol–water partition coefficient (Wildman–Crippen LogP) is 3.94. The minimum absolute atomic E-state index is 0.129. The first-order chi connectivity index (χ1) is 12.5. The van der Waals surface area contributed by atoms with Gasteiger partial charge in [0.1, 0.15) is 18.1 Å². The van der Waals surface area contributed by atoms with Crippen molar-refractivity contribution in [2.45, 2.75) is 20.0 Å². The molecule has 26 heavy (non-hydrogen) atoms. The maximum atomic E-state index is 11.8. The fraction of sp³-hybridized carbons (Fsp3) is 0.368. The molecule has 0 saturated carbocycles. The number of halogens is 1. The Kier molecular flexibility index (Phi) is 7.69. The number of hydrogen-bond acceptors (Lipinski definition) is 6. The zero-order chi connectivity index (χ0) is 18.9. The number of ether oxygens (including phenoxy) is 4. The average molecular weight is 380 g/mol. The Morgan fingerprint density at radius 1 is 1.08 bits per heavy atom. The van der Waals surface area contributed by atoms with Crippen molar-refractivity contribution in [1.29, 1.82) is 0 Å². The molecule has 0 N–H and O–H groups in total. The van der Waals surface area contributed by atoms with Crippen LogP contribution >= 0.6 is 11.6 Å². The number of pyridine rings is 1. The van der Waals surface area contributed by atoms with E-state index in [2.05, 4.69) is 4.98 Å². The zero-order valence-electron chi connectivity index (χ0n) is 15.1. The molecular weight excluding hydrogens is 358 g/mol. The Hall–Kier alpha value is -2.31. The number of methoxy groups -OCH3 is 2. The van der Waals surface area contributed by atoms with E-state index in [1.165, 1.54) is 6.92 Å². The molecule has 2 aromatic rings. The lowest BCUT2D eigenvalue weighted by Crippen LogP contribution is -2.07. The average Bonchev–Trinajstić information content (AvgIpc) is 2.65. The molecule has 0 bridgehead atoms. The summed E-state index contributed by atoms with van der Waals surface area (Å²) < 4.78 is 21.5. The Morgan fingerprint density at radius 2 is 1.81 bits per heavy atom. The number of hydrogen-bond donors (Lipinski definition) is 0. The number of carbonyl (C=O) groups is 1.